The molecule has 2 aromatic rings. The summed E-state index contributed by atoms with van der Waals surface area (Å²) in [7, 11) is 1.29. The number of nitro groups is 1. The van der Waals surface area contributed by atoms with Crippen LogP contribution in [-0.4, -0.2) is 29.0 Å². The van der Waals surface area contributed by atoms with E-state index < -0.39 is 16.8 Å². The number of anilines is 1. The van der Waals surface area contributed by atoms with E-state index in [4.69, 9.17) is 9.84 Å². The highest BCUT2D eigenvalue weighted by Crippen LogP contribution is 2.28. The summed E-state index contributed by atoms with van der Waals surface area (Å²) in [5, 5.41) is 22.6. The quantitative estimate of drug-likeness (QED) is 0.642. The Balaban J connectivity index is 2.34. The smallest absolute Gasteiger partial charge is 0.335 e. The molecule has 0 heterocycles. The lowest BCUT2D eigenvalue weighted by Crippen LogP contribution is -2.14. The van der Waals surface area contributed by atoms with Crippen molar-refractivity contribution in [2.24, 2.45) is 0 Å². The highest BCUT2D eigenvalue weighted by Gasteiger charge is 2.19. The van der Waals surface area contributed by atoms with Gasteiger partial charge in [0, 0.05) is 17.3 Å². The minimum absolute atomic E-state index is 0.0246. The molecule has 0 aromatic heterocycles. The fourth-order valence-electron chi connectivity index (χ4n) is 2.06. The number of carboxylic acid groups (broad SMARTS) is 1. The summed E-state index contributed by atoms with van der Waals surface area (Å²) < 4.78 is 4.88. The van der Waals surface area contributed by atoms with E-state index in [1.165, 1.54) is 31.4 Å². The number of aryl methyl sites for hydroxylation is 1. The summed E-state index contributed by atoms with van der Waals surface area (Å²) in [5.74, 6) is -1.67. The summed E-state index contributed by atoms with van der Waals surface area (Å²) >= 11 is 0. The summed E-state index contributed by atoms with van der Waals surface area (Å²) in [6, 6.07) is 8.13. The van der Waals surface area contributed by atoms with Crippen LogP contribution in [0.3, 0.4) is 0 Å². The van der Waals surface area contributed by atoms with Gasteiger partial charge in [-0.2, -0.15) is 0 Å². The molecular formula is C16H14N2O6. The first-order chi connectivity index (χ1) is 11.3. The van der Waals surface area contributed by atoms with Gasteiger partial charge in [0.2, 0.25) is 0 Å². The van der Waals surface area contributed by atoms with Crippen LogP contribution in [0.15, 0.2) is 36.4 Å². The molecule has 0 atom stereocenters. The lowest BCUT2D eigenvalue weighted by molar-refractivity contribution is -0.385. The molecule has 8 heteroatoms. The lowest BCUT2D eigenvalue weighted by atomic mass is 10.1. The third kappa shape index (κ3) is 3.49. The monoisotopic (exact) mass is 330 g/mol. The van der Waals surface area contributed by atoms with Gasteiger partial charge in [-0.05, 0) is 36.8 Å². The van der Waals surface area contributed by atoms with Crippen LogP contribution in [0.5, 0.6) is 5.75 Å². The van der Waals surface area contributed by atoms with Gasteiger partial charge >= 0.3 is 11.7 Å². The molecule has 0 unspecified atom stereocenters. The average molecular weight is 330 g/mol. The largest absolute Gasteiger partial charge is 0.490 e. The van der Waals surface area contributed by atoms with Gasteiger partial charge in [0.05, 0.1) is 17.6 Å². The number of hydrogen-bond acceptors (Lipinski definition) is 5. The van der Waals surface area contributed by atoms with Crippen LogP contribution in [0.2, 0.25) is 0 Å². The number of hydrogen-bond donors (Lipinski definition) is 2. The first-order valence-corrected chi connectivity index (χ1v) is 6.81. The average Bonchev–Trinajstić information content (AvgIpc) is 2.55. The zero-order chi connectivity index (χ0) is 17.9. The Bertz CT molecular complexity index is 831. The number of amides is 1. The summed E-state index contributed by atoms with van der Waals surface area (Å²) in [5.41, 5.74) is 0.732. The Kier molecular flexibility index (Phi) is 4.78. The Morgan fingerprint density at radius 2 is 1.83 bits per heavy atom. The fraction of sp³-hybridized carbons (Fsp3) is 0.125. The van der Waals surface area contributed by atoms with Crippen molar-refractivity contribution in [2.45, 2.75) is 6.92 Å². The van der Waals surface area contributed by atoms with Gasteiger partial charge in [0.1, 0.15) is 0 Å². The second-order valence-corrected chi connectivity index (χ2v) is 4.93. The number of benzene rings is 2. The molecule has 2 rings (SSSR count). The number of carbonyl (C=O) groups is 2. The van der Waals surface area contributed by atoms with Crippen molar-refractivity contribution in [3.05, 3.63) is 63.2 Å². The predicted octanol–water partition coefficient (Wildman–Crippen LogP) is 2.86. The third-order valence-electron chi connectivity index (χ3n) is 3.37. The molecule has 0 radical (unpaired) electrons. The molecule has 2 N–H and O–H groups in total. The zero-order valence-electron chi connectivity index (χ0n) is 12.9. The van der Waals surface area contributed by atoms with Crippen LogP contribution in [0.4, 0.5) is 11.4 Å². The van der Waals surface area contributed by atoms with Crippen molar-refractivity contribution < 1.29 is 24.4 Å². The summed E-state index contributed by atoms with van der Waals surface area (Å²) in [4.78, 5) is 33.7. The molecule has 0 aliphatic heterocycles. The van der Waals surface area contributed by atoms with Gasteiger partial charge in [-0.1, -0.05) is 6.07 Å². The molecule has 0 aliphatic rings. The minimum Gasteiger partial charge on any atom is -0.490 e. The first kappa shape index (κ1) is 16.9. The van der Waals surface area contributed by atoms with E-state index in [1.807, 2.05) is 0 Å². The molecule has 124 valence electrons. The van der Waals surface area contributed by atoms with Crippen LogP contribution in [0.25, 0.3) is 0 Å². The number of aromatic carboxylic acids is 1. The van der Waals surface area contributed by atoms with Crippen molar-refractivity contribution in [3.8, 4) is 5.75 Å². The molecule has 1 amide bonds. The molecule has 0 saturated heterocycles. The maximum atomic E-state index is 12.3. The van der Waals surface area contributed by atoms with Crippen molar-refractivity contribution in [1.82, 2.24) is 0 Å². The Morgan fingerprint density at radius 1 is 1.17 bits per heavy atom. The Labute approximate surface area is 136 Å². The molecule has 24 heavy (non-hydrogen) atoms. The molecule has 0 saturated carbocycles. The molecule has 2 aromatic carbocycles. The minimum atomic E-state index is -1.12. The topological polar surface area (TPSA) is 119 Å². The SMILES string of the molecule is COc1ccc(C(=O)Nc2cc(C(=O)O)ccc2C)cc1[N+](=O)[O-]. The Hall–Kier alpha value is -3.42. The van der Waals surface area contributed by atoms with Crippen molar-refractivity contribution in [3.63, 3.8) is 0 Å². The van der Waals surface area contributed by atoms with E-state index in [0.717, 1.165) is 6.07 Å². The van der Waals surface area contributed by atoms with Gasteiger partial charge in [0.25, 0.3) is 5.91 Å². The van der Waals surface area contributed by atoms with Gasteiger partial charge < -0.3 is 15.2 Å². The van der Waals surface area contributed by atoms with Crippen LogP contribution in [0.1, 0.15) is 26.3 Å². The van der Waals surface area contributed by atoms with E-state index >= 15 is 0 Å². The van der Waals surface area contributed by atoms with E-state index in [0.29, 0.717) is 11.3 Å². The highest BCUT2D eigenvalue weighted by molar-refractivity contribution is 6.05. The zero-order valence-corrected chi connectivity index (χ0v) is 12.9. The summed E-state index contributed by atoms with van der Waals surface area (Å²) in [6.07, 6.45) is 0. The van der Waals surface area contributed by atoms with Crippen LogP contribution < -0.4 is 10.1 Å². The number of carbonyl (C=O) groups excluding carboxylic acids is 1. The number of carboxylic acids is 1. The lowest BCUT2D eigenvalue weighted by Gasteiger charge is -2.10. The van der Waals surface area contributed by atoms with Crippen molar-refractivity contribution in [2.75, 3.05) is 12.4 Å². The number of rotatable bonds is 5. The standard InChI is InChI=1S/C16H14N2O6/c1-9-3-4-11(16(20)21)7-12(9)17-15(19)10-5-6-14(24-2)13(8-10)18(22)23/h3-8H,1-2H3,(H,17,19)(H,20,21). The van der Waals surface area contributed by atoms with Crippen LogP contribution in [-0.2, 0) is 0 Å². The van der Waals surface area contributed by atoms with Gasteiger partial charge in [-0.3, -0.25) is 14.9 Å². The second-order valence-electron chi connectivity index (χ2n) is 4.93. The van der Waals surface area contributed by atoms with Gasteiger partial charge in [-0.15, -0.1) is 0 Å². The fourth-order valence-corrected chi connectivity index (χ4v) is 2.06. The first-order valence-electron chi connectivity index (χ1n) is 6.81. The van der Waals surface area contributed by atoms with Crippen LogP contribution >= 0.6 is 0 Å². The number of ether oxygens (including phenoxy) is 1. The van der Waals surface area contributed by atoms with E-state index in [1.54, 1.807) is 13.0 Å². The third-order valence-corrected chi connectivity index (χ3v) is 3.37. The number of methoxy groups -OCH3 is 1. The number of nitrogens with one attached hydrogen (secondary N) is 1. The molecule has 8 nitrogen and oxygen atoms in total. The second kappa shape index (κ2) is 6.78. The van der Waals surface area contributed by atoms with Crippen molar-refractivity contribution >= 4 is 23.3 Å². The number of nitrogens with zero attached hydrogens (tertiary/aromatic N) is 1. The highest BCUT2D eigenvalue weighted by atomic mass is 16.6. The molecular weight excluding hydrogens is 316 g/mol. The molecule has 0 aliphatic carbocycles. The Morgan fingerprint density at radius 3 is 2.42 bits per heavy atom. The maximum absolute atomic E-state index is 12.3. The molecule has 0 bridgehead atoms. The number of nitro benzene ring substituents is 1. The van der Waals surface area contributed by atoms with Crippen LogP contribution in [0, 0.1) is 17.0 Å². The predicted molar refractivity (Wildman–Crippen MR) is 85.7 cm³/mol. The van der Waals surface area contributed by atoms with Gasteiger partial charge in [0.15, 0.2) is 5.75 Å². The van der Waals surface area contributed by atoms with Gasteiger partial charge in [-0.25, -0.2) is 4.79 Å². The molecule has 0 spiro atoms. The summed E-state index contributed by atoms with van der Waals surface area (Å²) in [6.45, 7) is 1.71. The van der Waals surface area contributed by atoms with E-state index in [-0.39, 0.29) is 22.6 Å². The maximum Gasteiger partial charge on any atom is 0.335 e. The molecule has 0 fully saturated rings. The van der Waals surface area contributed by atoms with E-state index in [2.05, 4.69) is 5.32 Å². The van der Waals surface area contributed by atoms with E-state index in [9.17, 15) is 19.7 Å². The van der Waals surface area contributed by atoms with Crippen molar-refractivity contribution in [1.29, 1.82) is 0 Å². The normalized spacial score (nSPS) is 10.1.